The molecular formula is C21H26FN5O2. The van der Waals surface area contributed by atoms with Crippen LogP contribution >= 0.6 is 0 Å². The van der Waals surface area contributed by atoms with Gasteiger partial charge in [0, 0.05) is 51.8 Å². The summed E-state index contributed by atoms with van der Waals surface area (Å²) >= 11 is 0. The van der Waals surface area contributed by atoms with Gasteiger partial charge in [-0.2, -0.15) is 0 Å². The summed E-state index contributed by atoms with van der Waals surface area (Å²) in [5.74, 6) is 0.426. The lowest BCUT2D eigenvalue weighted by molar-refractivity contribution is -0.0761. The zero-order valence-corrected chi connectivity index (χ0v) is 16.8. The molecule has 2 aromatic rings. The fourth-order valence-corrected chi connectivity index (χ4v) is 4.24. The van der Waals surface area contributed by atoms with Crippen LogP contribution in [-0.2, 0) is 0 Å². The predicted octanol–water partition coefficient (Wildman–Crippen LogP) is 2.23. The molecule has 29 heavy (non-hydrogen) atoms. The maximum absolute atomic E-state index is 13.1. The van der Waals surface area contributed by atoms with Gasteiger partial charge < -0.3 is 19.8 Å². The smallest absolute Gasteiger partial charge is 0.319 e. The molecule has 1 N–H and O–H groups in total. The Morgan fingerprint density at radius 3 is 2.48 bits per heavy atom. The molecule has 0 radical (unpaired) electrons. The highest BCUT2D eigenvalue weighted by atomic mass is 19.1. The highest BCUT2D eigenvalue weighted by Gasteiger charge is 2.46. The second-order valence-corrected chi connectivity index (χ2v) is 8.15. The van der Waals surface area contributed by atoms with Gasteiger partial charge in [0.2, 0.25) is 0 Å². The van der Waals surface area contributed by atoms with E-state index >= 15 is 0 Å². The highest BCUT2D eigenvalue weighted by Crippen LogP contribution is 2.37. The largest absolute Gasteiger partial charge is 0.389 e. The SMILES string of the molecule is CN(C)C(=O)N1CCC2(O)CCN(c3ccc(-c4ccc(F)cc4)nn3)CC2C1. The van der Waals surface area contributed by atoms with Gasteiger partial charge in [0.05, 0.1) is 11.3 Å². The van der Waals surface area contributed by atoms with E-state index in [9.17, 15) is 14.3 Å². The third-order valence-electron chi connectivity index (χ3n) is 6.04. The molecule has 1 aromatic carbocycles. The van der Waals surface area contributed by atoms with Gasteiger partial charge in [-0.25, -0.2) is 9.18 Å². The van der Waals surface area contributed by atoms with E-state index in [1.165, 1.54) is 12.1 Å². The lowest BCUT2D eigenvalue weighted by Gasteiger charge is -2.50. The average molecular weight is 399 g/mol. The van der Waals surface area contributed by atoms with Crippen molar-refractivity contribution in [1.29, 1.82) is 0 Å². The van der Waals surface area contributed by atoms with Crippen LogP contribution in [0.2, 0.25) is 0 Å². The molecule has 2 saturated heterocycles. The number of anilines is 1. The van der Waals surface area contributed by atoms with Crippen LogP contribution in [-0.4, -0.2) is 77.0 Å². The minimum atomic E-state index is -0.735. The third-order valence-corrected chi connectivity index (χ3v) is 6.04. The molecule has 2 fully saturated rings. The van der Waals surface area contributed by atoms with Crippen molar-refractivity contribution in [2.24, 2.45) is 5.92 Å². The van der Waals surface area contributed by atoms with E-state index < -0.39 is 5.60 Å². The second kappa shape index (κ2) is 7.59. The number of hydrogen-bond acceptors (Lipinski definition) is 5. The number of likely N-dealkylation sites (tertiary alicyclic amines) is 1. The summed E-state index contributed by atoms with van der Waals surface area (Å²) in [7, 11) is 3.49. The van der Waals surface area contributed by atoms with E-state index in [2.05, 4.69) is 15.1 Å². The van der Waals surface area contributed by atoms with Crippen LogP contribution in [0.25, 0.3) is 11.3 Å². The number of carbonyl (C=O) groups excluding carboxylic acids is 1. The summed E-state index contributed by atoms with van der Waals surface area (Å²) in [6.07, 6.45) is 1.24. The molecule has 2 atom stereocenters. The first kappa shape index (κ1) is 19.6. The fraction of sp³-hybridized carbons (Fsp3) is 0.476. The van der Waals surface area contributed by atoms with Gasteiger partial charge >= 0.3 is 6.03 Å². The lowest BCUT2D eigenvalue weighted by Crippen LogP contribution is -2.61. The normalized spacial score (nSPS) is 24.2. The summed E-state index contributed by atoms with van der Waals surface area (Å²) in [6.45, 7) is 2.43. The predicted molar refractivity (Wildman–Crippen MR) is 108 cm³/mol. The van der Waals surface area contributed by atoms with Crippen LogP contribution in [0.3, 0.4) is 0 Å². The number of benzene rings is 1. The first-order valence-corrected chi connectivity index (χ1v) is 9.89. The van der Waals surface area contributed by atoms with E-state index in [1.54, 1.807) is 31.1 Å². The molecule has 2 unspecified atom stereocenters. The minimum Gasteiger partial charge on any atom is -0.389 e. The molecule has 2 amide bonds. The van der Waals surface area contributed by atoms with Crippen molar-refractivity contribution in [3.8, 4) is 11.3 Å². The maximum Gasteiger partial charge on any atom is 0.319 e. The van der Waals surface area contributed by atoms with Crippen LogP contribution in [0, 0.1) is 11.7 Å². The second-order valence-electron chi connectivity index (χ2n) is 8.15. The number of hydrogen-bond donors (Lipinski definition) is 1. The van der Waals surface area contributed by atoms with E-state index in [0.29, 0.717) is 44.7 Å². The van der Waals surface area contributed by atoms with Crippen molar-refractivity contribution in [3.63, 3.8) is 0 Å². The molecule has 0 bridgehead atoms. The van der Waals surface area contributed by atoms with Crippen LogP contribution in [0.5, 0.6) is 0 Å². The van der Waals surface area contributed by atoms with Gasteiger partial charge in [0.25, 0.3) is 0 Å². The number of amides is 2. The van der Waals surface area contributed by atoms with Gasteiger partial charge in [-0.05, 0) is 49.2 Å². The van der Waals surface area contributed by atoms with Gasteiger partial charge in [0.15, 0.2) is 5.82 Å². The lowest BCUT2D eigenvalue weighted by atomic mass is 9.75. The minimum absolute atomic E-state index is 0.0207. The first-order chi connectivity index (χ1) is 13.9. The van der Waals surface area contributed by atoms with Crippen LogP contribution in [0.1, 0.15) is 12.8 Å². The van der Waals surface area contributed by atoms with Crippen LogP contribution in [0.4, 0.5) is 15.0 Å². The zero-order chi connectivity index (χ0) is 20.6. The Bertz CT molecular complexity index is 874. The van der Waals surface area contributed by atoms with Crippen molar-refractivity contribution in [2.75, 3.05) is 45.2 Å². The number of halogens is 1. The summed E-state index contributed by atoms with van der Waals surface area (Å²) in [5, 5.41) is 19.7. The third kappa shape index (κ3) is 3.89. The molecule has 4 rings (SSSR count). The number of carbonyl (C=O) groups is 1. The van der Waals surface area contributed by atoms with Crippen LogP contribution in [0.15, 0.2) is 36.4 Å². The van der Waals surface area contributed by atoms with Crippen molar-refractivity contribution in [2.45, 2.75) is 18.4 Å². The molecule has 0 aliphatic carbocycles. The van der Waals surface area contributed by atoms with Crippen molar-refractivity contribution in [1.82, 2.24) is 20.0 Å². The monoisotopic (exact) mass is 399 g/mol. The molecule has 3 heterocycles. The number of piperidine rings is 2. The summed E-state index contributed by atoms with van der Waals surface area (Å²) < 4.78 is 13.1. The van der Waals surface area contributed by atoms with Gasteiger partial charge in [-0.15, -0.1) is 10.2 Å². The molecule has 2 aliphatic rings. The van der Waals surface area contributed by atoms with E-state index in [4.69, 9.17) is 0 Å². The van der Waals surface area contributed by atoms with Gasteiger partial charge in [-0.1, -0.05) is 0 Å². The van der Waals surface area contributed by atoms with Crippen LogP contribution < -0.4 is 4.90 Å². The molecule has 0 saturated carbocycles. The van der Waals surface area contributed by atoms with Gasteiger partial charge in [0.1, 0.15) is 5.82 Å². The number of aromatic nitrogens is 2. The van der Waals surface area contributed by atoms with Crippen molar-refractivity contribution >= 4 is 11.8 Å². The number of rotatable bonds is 2. The topological polar surface area (TPSA) is 72.8 Å². The Morgan fingerprint density at radius 2 is 1.83 bits per heavy atom. The average Bonchev–Trinajstić information content (AvgIpc) is 2.73. The number of fused-ring (bicyclic) bond motifs is 1. The number of urea groups is 1. The molecule has 2 aliphatic heterocycles. The highest BCUT2D eigenvalue weighted by molar-refractivity contribution is 5.74. The van der Waals surface area contributed by atoms with Crippen molar-refractivity contribution < 1.29 is 14.3 Å². The molecule has 1 aromatic heterocycles. The van der Waals surface area contributed by atoms with E-state index in [-0.39, 0.29) is 17.8 Å². The molecule has 8 heteroatoms. The molecular weight excluding hydrogens is 373 g/mol. The molecule has 154 valence electrons. The summed E-state index contributed by atoms with van der Waals surface area (Å²) in [5.41, 5.74) is 0.757. The maximum atomic E-state index is 13.1. The summed E-state index contributed by atoms with van der Waals surface area (Å²) in [4.78, 5) is 17.8. The molecule has 0 spiro atoms. The standard InChI is InChI=1S/C21H26FN5O2/c1-25(2)20(28)27-12-10-21(29)9-11-26(13-16(21)14-27)19-8-7-18(23-24-19)15-3-5-17(22)6-4-15/h3-8,16,29H,9-14H2,1-2H3. The van der Waals surface area contributed by atoms with E-state index in [0.717, 1.165) is 11.4 Å². The van der Waals surface area contributed by atoms with E-state index in [1.807, 2.05) is 17.0 Å². The number of nitrogens with zero attached hydrogens (tertiary/aromatic N) is 5. The fourth-order valence-electron chi connectivity index (χ4n) is 4.24. The Morgan fingerprint density at radius 1 is 1.10 bits per heavy atom. The Labute approximate surface area is 169 Å². The number of aliphatic hydroxyl groups is 1. The molecule has 7 nitrogen and oxygen atoms in total. The Hall–Kier alpha value is -2.74. The van der Waals surface area contributed by atoms with Gasteiger partial charge in [-0.3, -0.25) is 0 Å². The Balaban J connectivity index is 1.47. The zero-order valence-electron chi connectivity index (χ0n) is 16.8. The quantitative estimate of drug-likeness (QED) is 0.838. The Kier molecular flexibility index (Phi) is 5.12. The summed E-state index contributed by atoms with van der Waals surface area (Å²) in [6, 6.07) is 9.92. The first-order valence-electron chi connectivity index (χ1n) is 9.89. The van der Waals surface area contributed by atoms with Crippen molar-refractivity contribution in [3.05, 3.63) is 42.2 Å².